The van der Waals surface area contributed by atoms with E-state index in [0.29, 0.717) is 32.1 Å². The Morgan fingerprint density at radius 3 is 1.98 bits per heavy atom. The van der Waals surface area contributed by atoms with Gasteiger partial charge in [-0.2, -0.15) is 0 Å². The fraction of sp³-hybridized carbons (Fsp3) is 0.833. The standard InChI is InChI=1S/C42H75O13P/c1-3-5-7-8-9-10-11-12-13-14-15-16-21-25-41(48)52-32-36(33-54-56(50,51)53-31-35(45)30-43)55-42(49)26-22-18-17-20-24-37-38(40(47)29-39(37)46)28-27-34(44)23-19-6-4-2/h17,20,27-28,34-39,43-46H,3-16,18-19,21-26,29-33H2,1-2H3,(H,50,51)/b20-17-,28-27+/t34-,35-,36+,37+,38+,39-/m0/s1. The average molecular weight is 819 g/mol. The molecule has 14 heteroatoms. The molecule has 5 N–H and O–H groups in total. The Labute approximate surface area is 336 Å². The molecule has 1 fully saturated rings. The molecule has 1 aliphatic rings. The zero-order valence-corrected chi connectivity index (χ0v) is 35.2. The van der Waals surface area contributed by atoms with Crippen LogP contribution in [0.4, 0.5) is 0 Å². The Morgan fingerprint density at radius 2 is 1.36 bits per heavy atom. The molecule has 1 saturated carbocycles. The third-order valence-corrected chi connectivity index (χ3v) is 10.9. The van der Waals surface area contributed by atoms with Crippen molar-refractivity contribution in [2.45, 2.75) is 186 Å². The number of carbonyl (C=O) groups is 3. The van der Waals surface area contributed by atoms with Gasteiger partial charge in [0.15, 0.2) is 6.10 Å². The Bertz CT molecular complexity index is 1150. The normalized spacial score (nSPS) is 20.1. The number of phosphoric ester groups is 1. The molecule has 7 atom stereocenters. The number of unbranched alkanes of at least 4 members (excludes halogenated alkanes) is 15. The van der Waals surface area contributed by atoms with Crippen molar-refractivity contribution >= 4 is 25.5 Å². The first-order chi connectivity index (χ1) is 26.9. The summed E-state index contributed by atoms with van der Waals surface area (Å²) in [4.78, 5) is 47.6. The maximum Gasteiger partial charge on any atom is 0.472 e. The number of rotatable bonds is 36. The Hall–Kier alpha value is -1.96. The predicted octanol–water partition coefficient (Wildman–Crippen LogP) is 7.59. The maximum atomic E-state index is 12.7. The smallest absolute Gasteiger partial charge is 0.462 e. The van der Waals surface area contributed by atoms with E-state index in [0.717, 1.165) is 38.5 Å². The van der Waals surface area contributed by atoms with Crippen molar-refractivity contribution in [2.24, 2.45) is 11.8 Å². The predicted molar refractivity (Wildman–Crippen MR) is 215 cm³/mol. The van der Waals surface area contributed by atoms with Gasteiger partial charge in [0.1, 0.15) is 18.5 Å². The van der Waals surface area contributed by atoms with E-state index in [1.165, 1.54) is 57.8 Å². The molecular weight excluding hydrogens is 743 g/mol. The Morgan fingerprint density at radius 1 is 0.786 bits per heavy atom. The number of hydrogen-bond acceptors (Lipinski definition) is 12. The molecule has 0 spiro atoms. The van der Waals surface area contributed by atoms with Crippen LogP contribution in [-0.4, -0.2) is 93.9 Å². The van der Waals surface area contributed by atoms with Gasteiger partial charge in [-0.15, -0.1) is 0 Å². The lowest BCUT2D eigenvalue weighted by molar-refractivity contribution is -0.161. The third-order valence-electron chi connectivity index (χ3n) is 9.99. The van der Waals surface area contributed by atoms with E-state index in [2.05, 4.69) is 18.4 Å². The number of esters is 2. The summed E-state index contributed by atoms with van der Waals surface area (Å²) in [6.45, 7) is 1.96. The van der Waals surface area contributed by atoms with E-state index < -0.39 is 76.5 Å². The molecule has 0 aromatic heterocycles. The van der Waals surface area contributed by atoms with Gasteiger partial charge in [0, 0.05) is 31.1 Å². The Balaban J connectivity index is 2.50. The summed E-state index contributed by atoms with van der Waals surface area (Å²) in [5, 5.41) is 39.0. The number of ether oxygens (including phenoxy) is 2. The SMILES string of the molecule is CCCCCCCCCCCCCCCC(=O)OC[C@H](COP(=O)(O)OC[C@@H](O)CO)OC(=O)CCC/C=C\C[C@H]1[C@@H](O)CC(=O)[C@@H]1/C=C/[C@@H](O)CCCCC. The van der Waals surface area contributed by atoms with Crippen molar-refractivity contribution in [3.05, 3.63) is 24.3 Å². The van der Waals surface area contributed by atoms with Crippen LogP contribution < -0.4 is 0 Å². The number of aliphatic hydroxyl groups excluding tert-OH is 4. The van der Waals surface area contributed by atoms with Gasteiger partial charge in [0.05, 0.1) is 32.0 Å². The first-order valence-corrected chi connectivity index (χ1v) is 22.9. The Kier molecular flexibility index (Phi) is 30.6. The topological polar surface area (TPSA) is 206 Å². The molecule has 0 aliphatic heterocycles. The molecule has 1 rings (SSSR count). The molecule has 0 aromatic rings. The minimum absolute atomic E-state index is 0.00442. The average Bonchev–Trinajstić information content (AvgIpc) is 3.44. The molecule has 1 aliphatic carbocycles. The van der Waals surface area contributed by atoms with Crippen LogP contribution in [0.5, 0.6) is 0 Å². The first-order valence-electron chi connectivity index (χ1n) is 21.4. The minimum atomic E-state index is -4.69. The molecule has 56 heavy (non-hydrogen) atoms. The van der Waals surface area contributed by atoms with Crippen LogP contribution in [0, 0.1) is 11.8 Å². The first kappa shape index (κ1) is 52.1. The fourth-order valence-electron chi connectivity index (χ4n) is 6.56. The number of phosphoric acid groups is 1. The number of Topliss-reactive ketones (excluding diaryl/α,β-unsaturated/α-hetero) is 1. The zero-order chi connectivity index (χ0) is 41.4. The van der Waals surface area contributed by atoms with E-state index >= 15 is 0 Å². The molecule has 0 amide bonds. The molecular formula is C42H75O13P. The fourth-order valence-corrected chi connectivity index (χ4v) is 7.35. The van der Waals surface area contributed by atoms with Crippen molar-refractivity contribution in [3.63, 3.8) is 0 Å². The minimum Gasteiger partial charge on any atom is -0.462 e. The van der Waals surface area contributed by atoms with E-state index in [-0.39, 0.29) is 31.0 Å². The van der Waals surface area contributed by atoms with E-state index in [9.17, 15) is 39.2 Å². The lowest BCUT2D eigenvalue weighted by Gasteiger charge is -2.20. The van der Waals surface area contributed by atoms with Gasteiger partial charge in [-0.1, -0.05) is 134 Å². The van der Waals surface area contributed by atoms with E-state index in [1.54, 1.807) is 12.2 Å². The summed E-state index contributed by atoms with van der Waals surface area (Å²) in [5.74, 6) is -1.93. The van der Waals surface area contributed by atoms with Crippen molar-refractivity contribution in [1.82, 2.24) is 0 Å². The second kappa shape index (κ2) is 32.9. The highest BCUT2D eigenvalue weighted by Crippen LogP contribution is 2.43. The van der Waals surface area contributed by atoms with Gasteiger partial charge in [-0.3, -0.25) is 23.4 Å². The molecule has 326 valence electrons. The summed E-state index contributed by atoms with van der Waals surface area (Å²) in [6.07, 6.45) is 23.7. The number of hydrogen-bond donors (Lipinski definition) is 5. The number of carbonyl (C=O) groups excluding carboxylic acids is 3. The van der Waals surface area contributed by atoms with Crippen LogP contribution in [0.1, 0.15) is 162 Å². The van der Waals surface area contributed by atoms with Gasteiger partial charge >= 0.3 is 19.8 Å². The van der Waals surface area contributed by atoms with E-state index in [4.69, 9.17) is 19.1 Å². The molecule has 1 unspecified atom stereocenters. The summed E-state index contributed by atoms with van der Waals surface area (Å²) in [7, 11) is -4.69. The number of allylic oxidation sites excluding steroid dienone is 3. The van der Waals surface area contributed by atoms with Crippen LogP contribution in [-0.2, 0) is 37.5 Å². The van der Waals surface area contributed by atoms with Crippen molar-refractivity contribution < 1.29 is 62.8 Å². The second-order valence-electron chi connectivity index (χ2n) is 15.2. The van der Waals surface area contributed by atoms with Crippen molar-refractivity contribution in [1.29, 1.82) is 0 Å². The van der Waals surface area contributed by atoms with Crippen LogP contribution in [0.2, 0.25) is 0 Å². The van der Waals surface area contributed by atoms with E-state index in [1.807, 2.05) is 12.2 Å². The third kappa shape index (κ3) is 26.9. The monoisotopic (exact) mass is 818 g/mol. The maximum absolute atomic E-state index is 12.7. The molecule has 0 radical (unpaired) electrons. The van der Waals surface area contributed by atoms with Gasteiger partial charge in [0.2, 0.25) is 0 Å². The second-order valence-corrected chi connectivity index (χ2v) is 16.6. The van der Waals surface area contributed by atoms with Gasteiger partial charge in [0.25, 0.3) is 0 Å². The van der Waals surface area contributed by atoms with Gasteiger partial charge in [-0.05, 0) is 32.1 Å². The highest BCUT2D eigenvalue weighted by atomic mass is 31.2. The molecule has 0 bridgehead atoms. The summed E-state index contributed by atoms with van der Waals surface area (Å²) >= 11 is 0. The van der Waals surface area contributed by atoms with Crippen LogP contribution in [0.25, 0.3) is 0 Å². The van der Waals surface area contributed by atoms with Crippen LogP contribution in [0.3, 0.4) is 0 Å². The molecule has 13 nitrogen and oxygen atoms in total. The number of aliphatic hydroxyl groups is 4. The summed E-state index contributed by atoms with van der Waals surface area (Å²) in [6, 6.07) is 0. The quantitative estimate of drug-likeness (QED) is 0.0179. The molecule has 0 heterocycles. The summed E-state index contributed by atoms with van der Waals surface area (Å²) < 4.78 is 32.6. The number of ketones is 1. The molecule has 0 saturated heterocycles. The zero-order valence-electron chi connectivity index (χ0n) is 34.3. The van der Waals surface area contributed by atoms with Crippen LogP contribution in [0.15, 0.2) is 24.3 Å². The van der Waals surface area contributed by atoms with Crippen molar-refractivity contribution in [3.8, 4) is 0 Å². The highest BCUT2D eigenvalue weighted by molar-refractivity contribution is 7.47. The lowest BCUT2D eigenvalue weighted by atomic mass is 9.90. The highest BCUT2D eigenvalue weighted by Gasteiger charge is 2.39. The van der Waals surface area contributed by atoms with Crippen molar-refractivity contribution in [2.75, 3.05) is 26.4 Å². The van der Waals surface area contributed by atoms with Crippen LogP contribution >= 0.6 is 7.82 Å². The van der Waals surface area contributed by atoms with Gasteiger partial charge < -0.3 is 34.8 Å². The summed E-state index contributed by atoms with van der Waals surface area (Å²) in [5.41, 5.74) is 0. The van der Waals surface area contributed by atoms with Gasteiger partial charge in [-0.25, -0.2) is 4.57 Å². The lowest BCUT2D eigenvalue weighted by Crippen LogP contribution is -2.29. The molecule has 0 aromatic carbocycles. The largest absolute Gasteiger partial charge is 0.472 e.